The van der Waals surface area contributed by atoms with E-state index in [0.29, 0.717) is 26.3 Å². The van der Waals surface area contributed by atoms with Crippen molar-refractivity contribution in [1.82, 2.24) is 4.90 Å². The fraction of sp³-hybridized carbons (Fsp3) is 0.143. The molecule has 2 rings (SSSR count). The molecule has 0 saturated heterocycles. The maximum Gasteiger partial charge on any atom is 0.256 e. The molecule has 20 heavy (non-hydrogen) atoms. The first-order chi connectivity index (χ1) is 9.51. The molecule has 102 valence electrons. The van der Waals surface area contributed by atoms with Crippen molar-refractivity contribution in [1.29, 1.82) is 5.26 Å². The van der Waals surface area contributed by atoms with Crippen molar-refractivity contribution in [2.24, 2.45) is 0 Å². The van der Waals surface area contributed by atoms with E-state index in [1.54, 1.807) is 30.1 Å². The number of amides is 1. The molecule has 6 heteroatoms. The Morgan fingerprint density at radius 1 is 1.35 bits per heavy atom. The fourth-order valence-corrected chi connectivity index (χ4v) is 3.17. The molecule has 0 saturated carbocycles. The number of rotatable bonds is 3. The summed E-state index contributed by atoms with van der Waals surface area (Å²) in [5, 5.41) is 8.74. The normalized spacial score (nSPS) is 10.1. The average Bonchev–Trinajstić information content (AvgIpc) is 2.77. The van der Waals surface area contributed by atoms with Crippen molar-refractivity contribution in [3.05, 3.63) is 55.7 Å². The minimum absolute atomic E-state index is 0.178. The summed E-state index contributed by atoms with van der Waals surface area (Å²) in [7, 11) is 1.70. The van der Waals surface area contributed by atoms with Crippen molar-refractivity contribution < 1.29 is 4.79 Å². The van der Waals surface area contributed by atoms with Gasteiger partial charge in [0.25, 0.3) is 5.91 Å². The van der Waals surface area contributed by atoms with Crippen LogP contribution in [0.5, 0.6) is 0 Å². The second-order valence-electron chi connectivity index (χ2n) is 4.21. The van der Waals surface area contributed by atoms with Gasteiger partial charge in [0.1, 0.15) is 4.34 Å². The lowest BCUT2D eigenvalue weighted by atomic mass is 10.1. The van der Waals surface area contributed by atoms with E-state index in [-0.39, 0.29) is 5.91 Å². The zero-order chi connectivity index (χ0) is 14.7. The standard InChI is InChI=1S/C14H10Cl2N2OS/c1-18(8-10-4-2-9(7-17)3-5-10)14(19)11-6-12(15)20-13(11)16/h2-6H,8H2,1H3. The highest BCUT2D eigenvalue weighted by Gasteiger charge is 2.18. The fourth-order valence-electron chi connectivity index (χ4n) is 1.72. The quantitative estimate of drug-likeness (QED) is 0.849. The second kappa shape index (κ2) is 6.27. The van der Waals surface area contributed by atoms with Crippen LogP contribution in [0.25, 0.3) is 0 Å². The van der Waals surface area contributed by atoms with Gasteiger partial charge in [-0.2, -0.15) is 5.26 Å². The van der Waals surface area contributed by atoms with Crippen molar-refractivity contribution in [2.45, 2.75) is 6.54 Å². The first-order valence-electron chi connectivity index (χ1n) is 5.70. The number of carbonyl (C=O) groups excluding carboxylic acids is 1. The summed E-state index contributed by atoms with van der Waals surface area (Å²) in [6.45, 7) is 0.439. The van der Waals surface area contributed by atoms with Crippen molar-refractivity contribution in [2.75, 3.05) is 7.05 Å². The number of thiophene rings is 1. The van der Waals surface area contributed by atoms with Crippen LogP contribution in [0.1, 0.15) is 21.5 Å². The molecule has 1 heterocycles. The Kier molecular flexibility index (Phi) is 4.66. The number of nitrogens with zero attached hydrogens (tertiary/aromatic N) is 2. The third-order valence-corrected chi connectivity index (χ3v) is 4.22. The van der Waals surface area contributed by atoms with E-state index in [1.165, 1.54) is 11.3 Å². The molecular formula is C14H10Cl2N2OS. The van der Waals surface area contributed by atoms with Crippen molar-refractivity contribution in [3.8, 4) is 6.07 Å². The smallest absolute Gasteiger partial charge is 0.256 e. The summed E-state index contributed by atoms with van der Waals surface area (Å²) in [5.41, 5.74) is 1.95. The summed E-state index contributed by atoms with van der Waals surface area (Å²) in [6, 6.07) is 10.7. The molecule has 0 aliphatic heterocycles. The minimum Gasteiger partial charge on any atom is -0.337 e. The Balaban J connectivity index is 2.11. The molecule has 1 amide bonds. The van der Waals surface area contributed by atoms with Gasteiger partial charge >= 0.3 is 0 Å². The third kappa shape index (κ3) is 3.31. The monoisotopic (exact) mass is 324 g/mol. The Morgan fingerprint density at radius 3 is 2.50 bits per heavy atom. The molecule has 0 bridgehead atoms. The van der Waals surface area contributed by atoms with Crippen LogP contribution in [0.3, 0.4) is 0 Å². The lowest BCUT2D eigenvalue weighted by Gasteiger charge is -2.16. The van der Waals surface area contributed by atoms with Crippen LogP contribution in [0.2, 0.25) is 8.67 Å². The van der Waals surface area contributed by atoms with Gasteiger partial charge in [-0.25, -0.2) is 0 Å². The van der Waals surface area contributed by atoms with Gasteiger partial charge in [-0.05, 0) is 23.8 Å². The van der Waals surface area contributed by atoms with E-state index in [2.05, 4.69) is 6.07 Å². The van der Waals surface area contributed by atoms with Crippen LogP contribution in [0, 0.1) is 11.3 Å². The maximum atomic E-state index is 12.2. The molecule has 2 aromatic rings. The predicted molar refractivity (Wildman–Crippen MR) is 81.3 cm³/mol. The summed E-state index contributed by atoms with van der Waals surface area (Å²) >= 11 is 13.0. The summed E-state index contributed by atoms with van der Waals surface area (Å²) in [6.07, 6.45) is 0. The molecule has 0 atom stereocenters. The van der Waals surface area contributed by atoms with E-state index in [0.717, 1.165) is 5.56 Å². The summed E-state index contributed by atoms with van der Waals surface area (Å²) in [4.78, 5) is 13.8. The molecule has 3 nitrogen and oxygen atoms in total. The molecule has 0 aliphatic carbocycles. The highest BCUT2D eigenvalue weighted by atomic mass is 35.5. The molecule has 0 N–H and O–H groups in total. The zero-order valence-electron chi connectivity index (χ0n) is 10.6. The molecule has 1 aromatic carbocycles. The highest BCUT2D eigenvalue weighted by Crippen LogP contribution is 2.31. The summed E-state index contributed by atoms with van der Waals surface area (Å²) in [5.74, 6) is -0.178. The number of hydrogen-bond donors (Lipinski definition) is 0. The largest absolute Gasteiger partial charge is 0.337 e. The Bertz CT molecular complexity index is 673. The number of benzene rings is 1. The van der Waals surface area contributed by atoms with E-state index < -0.39 is 0 Å². The van der Waals surface area contributed by atoms with Gasteiger partial charge in [-0.15, -0.1) is 11.3 Å². The van der Waals surface area contributed by atoms with Gasteiger partial charge in [0, 0.05) is 13.6 Å². The summed E-state index contributed by atoms with van der Waals surface area (Å²) < 4.78 is 0.886. The van der Waals surface area contributed by atoms with Crippen LogP contribution in [-0.2, 0) is 6.54 Å². The molecule has 0 unspecified atom stereocenters. The lowest BCUT2D eigenvalue weighted by Crippen LogP contribution is -2.26. The highest BCUT2D eigenvalue weighted by molar-refractivity contribution is 7.20. The average molecular weight is 325 g/mol. The van der Waals surface area contributed by atoms with Gasteiger partial charge in [-0.1, -0.05) is 35.3 Å². The first kappa shape index (κ1) is 14.9. The maximum absolute atomic E-state index is 12.2. The molecule has 0 spiro atoms. The van der Waals surface area contributed by atoms with Gasteiger partial charge in [0.15, 0.2) is 0 Å². The van der Waals surface area contributed by atoms with Gasteiger partial charge in [0.05, 0.1) is 21.5 Å². The van der Waals surface area contributed by atoms with Crippen LogP contribution >= 0.6 is 34.5 Å². The van der Waals surface area contributed by atoms with Gasteiger partial charge in [-0.3, -0.25) is 4.79 Å². The van der Waals surface area contributed by atoms with E-state index in [4.69, 9.17) is 28.5 Å². The molecule has 1 aromatic heterocycles. The minimum atomic E-state index is -0.178. The number of nitriles is 1. The van der Waals surface area contributed by atoms with E-state index in [9.17, 15) is 4.79 Å². The number of hydrogen-bond acceptors (Lipinski definition) is 3. The van der Waals surface area contributed by atoms with E-state index >= 15 is 0 Å². The Labute approximate surface area is 131 Å². The van der Waals surface area contributed by atoms with Crippen molar-refractivity contribution >= 4 is 40.4 Å². The number of halogens is 2. The van der Waals surface area contributed by atoms with E-state index in [1.807, 2.05) is 12.1 Å². The first-order valence-corrected chi connectivity index (χ1v) is 7.28. The van der Waals surface area contributed by atoms with Crippen LogP contribution in [0.4, 0.5) is 0 Å². The van der Waals surface area contributed by atoms with Crippen LogP contribution in [-0.4, -0.2) is 17.9 Å². The molecule has 0 fully saturated rings. The number of carbonyl (C=O) groups is 1. The van der Waals surface area contributed by atoms with Gasteiger partial charge < -0.3 is 4.90 Å². The predicted octanol–water partition coefficient (Wildman–Crippen LogP) is 4.20. The van der Waals surface area contributed by atoms with Crippen LogP contribution < -0.4 is 0 Å². The molecular weight excluding hydrogens is 315 g/mol. The van der Waals surface area contributed by atoms with Crippen molar-refractivity contribution in [3.63, 3.8) is 0 Å². The second-order valence-corrected chi connectivity index (χ2v) is 6.49. The van der Waals surface area contributed by atoms with Gasteiger partial charge in [0.2, 0.25) is 0 Å². The Hall–Kier alpha value is -1.54. The zero-order valence-corrected chi connectivity index (χ0v) is 12.9. The molecule has 0 aliphatic rings. The lowest BCUT2D eigenvalue weighted by molar-refractivity contribution is 0.0786. The molecule has 0 radical (unpaired) electrons. The Morgan fingerprint density at radius 2 is 2.00 bits per heavy atom. The topological polar surface area (TPSA) is 44.1 Å². The third-order valence-electron chi connectivity index (χ3n) is 2.74. The van der Waals surface area contributed by atoms with Crippen LogP contribution in [0.15, 0.2) is 30.3 Å². The SMILES string of the molecule is CN(Cc1ccc(C#N)cc1)C(=O)c1cc(Cl)sc1Cl.